The van der Waals surface area contributed by atoms with Gasteiger partial charge in [0.2, 0.25) is 0 Å². The Morgan fingerprint density at radius 2 is 1.44 bits per heavy atom. The molecule has 198 valence electrons. The number of ether oxygens (including phenoxy) is 1. The molecule has 1 aliphatic carbocycles. The van der Waals surface area contributed by atoms with Gasteiger partial charge in [-0.3, -0.25) is 4.79 Å². The van der Waals surface area contributed by atoms with E-state index in [-0.39, 0.29) is 24.9 Å². The van der Waals surface area contributed by atoms with Gasteiger partial charge in [0.15, 0.2) is 0 Å². The van der Waals surface area contributed by atoms with Crippen LogP contribution in [0.2, 0.25) is 0 Å². The van der Waals surface area contributed by atoms with Crippen molar-refractivity contribution in [3.8, 4) is 11.1 Å². The zero-order valence-electron chi connectivity index (χ0n) is 21.4. The zero-order chi connectivity index (χ0) is 27.2. The molecule has 3 N–H and O–H groups in total. The van der Waals surface area contributed by atoms with Gasteiger partial charge in [-0.25, -0.2) is 9.59 Å². The van der Waals surface area contributed by atoms with Gasteiger partial charge in [0.1, 0.15) is 12.6 Å². The lowest BCUT2D eigenvalue weighted by Gasteiger charge is -2.17. The Bertz CT molecular complexity index is 1460. The first-order valence-corrected chi connectivity index (χ1v) is 13.1. The standard InChI is InChI=1S/C32H30N2O5/c35-30(27-17-9-11-21-10-1-2-12-22(21)27)33-19-8-7-18-29(31(36)37)34-32(38)39-20-28-25-15-5-3-13-23(25)24-14-4-6-16-26(24)28/h1-6,9-17,28-29H,7-8,18-20H2,(H,33,35)(H,34,38)(H,36,37)/t29-/m0/s1. The van der Waals surface area contributed by atoms with E-state index in [0.717, 1.165) is 33.0 Å². The molecule has 0 aliphatic heterocycles. The molecule has 4 aromatic rings. The molecule has 4 aromatic carbocycles. The first-order valence-electron chi connectivity index (χ1n) is 13.1. The van der Waals surface area contributed by atoms with Crippen LogP contribution in [0.5, 0.6) is 0 Å². The van der Waals surface area contributed by atoms with Crippen molar-refractivity contribution in [2.45, 2.75) is 31.2 Å². The van der Waals surface area contributed by atoms with E-state index in [1.54, 1.807) is 6.07 Å². The molecule has 5 rings (SSSR count). The van der Waals surface area contributed by atoms with Crippen LogP contribution in [-0.4, -0.2) is 42.3 Å². The molecule has 2 amide bonds. The van der Waals surface area contributed by atoms with Crippen LogP contribution in [0.15, 0.2) is 91.0 Å². The Balaban J connectivity index is 1.09. The van der Waals surface area contributed by atoms with Crippen LogP contribution in [0.4, 0.5) is 4.79 Å². The lowest BCUT2D eigenvalue weighted by atomic mass is 9.98. The molecule has 0 radical (unpaired) electrons. The van der Waals surface area contributed by atoms with Crippen molar-refractivity contribution in [3.05, 3.63) is 108 Å². The maximum absolute atomic E-state index is 12.7. The highest BCUT2D eigenvalue weighted by Gasteiger charge is 2.29. The Morgan fingerprint density at radius 1 is 0.795 bits per heavy atom. The predicted molar refractivity (Wildman–Crippen MR) is 150 cm³/mol. The highest BCUT2D eigenvalue weighted by Crippen LogP contribution is 2.44. The highest BCUT2D eigenvalue weighted by molar-refractivity contribution is 6.07. The molecule has 0 fully saturated rings. The first kappa shape index (κ1) is 26.0. The molecule has 7 nitrogen and oxygen atoms in total. The topological polar surface area (TPSA) is 105 Å². The van der Waals surface area contributed by atoms with Gasteiger partial charge in [0, 0.05) is 18.0 Å². The molecular formula is C32H30N2O5. The van der Waals surface area contributed by atoms with E-state index in [0.29, 0.717) is 24.9 Å². The molecule has 1 aliphatic rings. The smallest absolute Gasteiger partial charge is 0.407 e. The minimum Gasteiger partial charge on any atom is -0.480 e. The lowest BCUT2D eigenvalue weighted by molar-refractivity contribution is -0.139. The minimum absolute atomic E-state index is 0.100. The van der Waals surface area contributed by atoms with Crippen molar-refractivity contribution in [2.24, 2.45) is 0 Å². The molecule has 0 saturated heterocycles. The van der Waals surface area contributed by atoms with Gasteiger partial charge >= 0.3 is 12.1 Å². The first-order chi connectivity index (χ1) is 19.0. The second kappa shape index (κ2) is 11.8. The molecule has 0 spiro atoms. The van der Waals surface area contributed by atoms with Crippen molar-refractivity contribution in [1.82, 2.24) is 10.6 Å². The van der Waals surface area contributed by atoms with E-state index in [4.69, 9.17) is 4.74 Å². The molecular weight excluding hydrogens is 492 g/mol. The summed E-state index contributed by atoms with van der Waals surface area (Å²) < 4.78 is 5.49. The van der Waals surface area contributed by atoms with Gasteiger partial charge in [-0.2, -0.15) is 0 Å². The van der Waals surface area contributed by atoms with Crippen molar-refractivity contribution >= 4 is 28.7 Å². The number of aliphatic carboxylic acids is 1. The van der Waals surface area contributed by atoms with Crippen molar-refractivity contribution in [3.63, 3.8) is 0 Å². The number of amides is 2. The van der Waals surface area contributed by atoms with Crippen molar-refractivity contribution in [1.29, 1.82) is 0 Å². The highest BCUT2D eigenvalue weighted by atomic mass is 16.5. The molecule has 39 heavy (non-hydrogen) atoms. The number of unbranched alkanes of at least 4 members (excludes halogenated alkanes) is 1. The van der Waals surface area contributed by atoms with E-state index in [1.165, 1.54) is 0 Å². The number of fused-ring (bicyclic) bond motifs is 4. The fourth-order valence-corrected chi connectivity index (χ4v) is 5.23. The van der Waals surface area contributed by atoms with Crippen LogP contribution < -0.4 is 10.6 Å². The number of alkyl carbamates (subject to hydrolysis) is 1. The van der Waals surface area contributed by atoms with Crippen LogP contribution in [0, 0.1) is 0 Å². The Morgan fingerprint density at radius 3 is 2.15 bits per heavy atom. The van der Waals surface area contributed by atoms with Gasteiger partial charge in [0.25, 0.3) is 5.91 Å². The average molecular weight is 523 g/mol. The monoisotopic (exact) mass is 522 g/mol. The lowest BCUT2D eigenvalue weighted by Crippen LogP contribution is -2.41. The minimum atomic E-state index is -1.12. The quantitative estimate of drug-likeness (QED) is 0.231. The molecule has 0 aromatic heterocycles. The third kappa shape index (κ3) is 5.77. The second-order valence-electron chi connectivity index (χ2n) is 9.64. The Labute approximate surface area is 226 Å². The van der Waals surface area contributed by atoms with Gasteiger partial charge in [0.05, 0.1) is 0 Å². The number of carbonyl (C=O) groups excluding carboxylic acids is 2. The number of carboxylic acid groups (broad SMARTS) is 1. The van der Waals surface area contributed by atoms with E-state index < -0.39 is 18.1 Å². The maximum Gasteiger partial charge on any atom is 0.407 e. The Hall–Kier alpha value is -4.65. The van der Waals surface area contributed by atoms with Crippen LogP contribution in [0.1, 0.15) is 46.7 Å². The van der Waals surface area contributed by atoms with Crippen molar-refractivity contribution < 1.29 is 24.2 Å². The van der Waals surface area contributed by atoms with Crippen molar-refractivity contribution in [2.75, 3.05) is 13.2 Å². The summed E-state index contributed by atoms with van der Waals surface area (Å²) in [5.41, 5.74) is 5.03. The second-order valence-corrected chi connectivity index (χ2v) is 9.64. The molecule has 7 heteroatoms. The number of carboxylic acids is 1. The zero-order valence-corrected chi connectivity index (χ0v) is 21.4. The number of hydrogen-bond acceptors (Lipinski definition) is 4. The van der Waals surface area contributed by atoms with Crippen LogP contribution >= 0.6 is 0 Å². The number of benzene rings is 4. The summed E-state index contributed by atoms with van der Waals surface area (Å²) in [7, 11) is 0. The molecule has 0 bridgehead atoms. The largest absolute Gasteiger partial charge is 0.480 e. The molecule has 0 heterocycles. The number of nitrogens with one attached hydrogen (secondary N) is 2. The SMILES string of the molecule is O=C(N[C@@H](CCCCNC(=O)c1cccc2ccccc12)C(=O)O)OCC1c2ccccc2-c2ccccc21. The number of rotatable bonds is 10. The normalized spacial score (nSPS) is 12.8. The van der Waals surface area contributed by atoms with Crippen LogP contribution in [0.25, 0.3) is 21.9 Å². The predicted octanol–water partition coefficient (Wildman–Crippen LogP) is 5.73. The van der Waals surface area contributed by atoms with Gasteiger partial charge in [-0.15, -0.1) is 0 Å². The van der Waals surface area contributed by atoms with E-state index in [9.17, 15) is 19.5 Å². The molecule has 1 atom stereocenters. The summed E-state index contributed by atoms with van der Waals surface area (Å²) in [4.78, 5) is 37.0. The summed E-state index contributed by atoms with van der Waals surface area (Å²) in [6, 6.07) is 28.3. The van der Waals surface area contributed by atoms with Gasteiger partial charge in [-0.1, -0.05) is 84.9 Å². The van der Waals surface area contributed by atoms with Gasteiger partial charge < -0.3 is 20.5 Å². The summed E-state index contributed by atoms with van der Waals surface area (Å²) in [5, 5.41) is 16.9. The summed E-state index contributed by atoms with van der Waals surface area (Å²) >= 11 is 0. The van der Waals surface area contributed by atoms with Crippen LogP contribution in [-0.2, 0) is 9.53 Å². The number of carbonyl (C=O) groups is 3. The molecule has 0 saturated carbocycles. The third-order valence-corrected chi connectivity index (χ3v) is 7.17. The summed E-state index contributed by atoms with van der Waals surface area (Å²) in [6.45, 7) is 0.520. The summed E-state index contributed by atoms with van der Waals surface area (Å²) in [6.07, 6.45) is 0.556. The maximum atomic E-state index is 12.7. The summed E-state index contributed by atoms with van der Waals surface area (Å²) in [5.74, 6) is -1.39. The van der Waals surface area contributed by atoms with E-state index in [2.05, 4.69) is 22.8 Å². The van der Waals surface area contributed by atoms with Gasteiger partial charge in [-0.05, 0) is 58.4 Å². The van der Waals surface area contributed by atoms with E-state index >= 15 is 0 Å². The Kier molecular flexibility index (Phi) is 7.87. The fourth-order valence-electron chi connectivity index (χ4n) is 5.23. The average Bonchev–Trinajstić information content (AvgIpc) is 3.28. The third-order valence-electron chi connectivity index (χ3n) is 7.17. The number of hydrogen-bond donors (Lipinski definition) is 3. The van der Waals surface area contributed by atoms with Crippen LogP contribution in [0.3, 0.4) is 0 Å². The van der Waals surface area contributed by atoms with E-state index in [1.807, 2.05) is 72.8 Å². The molecule has 0 unspecified atom stereocenters. The fraction of sp³-hybridized carbons (Fsp3) is 0.219.